The molecule has 0 fully saturated rings. The van der Waals surface area contributed by atoms with Crippen molar-refractivity contribution in [2.75, 3.05) is 30.0 Å². The van der Waals surface area contributed by atoms with Crippen LogP contribution in [-0.2, 0) is 0 Å². The monoisotopic (exact) mass is 461 g/mol. The van der Waals surface area contributed by atoms with Crippen molar-refractivity contribution in [1.29, 1.82) is 0 Å². The third-order valence-corrected chi connectivity index (χ3v) is 4.98. The molecule has 0 unspecified atom stereocenters. The average Bonchev–Trinajstić information content (AvgIpc) is 2.80. The van der Waals surface area contributed by atoms with E-state index in [-0.39, 0.29) is 36.2 Å². The molecule has 0 aliphatic carbocycles. The maximum absolute atomic E-state index is 14.1. The lowest BCUT2D eigenvalue weighted by molar-refractivity contribution is 0.102. The second-order valence-corrected chi connectivity index (χ2v) is 6.92. The zero-order valence-corrected chi connectivity index (χ0v) is 17.6. The first kappa shape index (κ1) is 23.2. The van der Waals surface area contributed by atoms with Crippen LogP contribution in [0.3, 0.4) is 0 Å². The molecule has 0 saturated heterocycles. The first-order chi connectivity index (χ1) is 15.1. The number of halogens is 4. The van der Waals surface area contributed by atoms with Gasteiger partial charge in [0.15, 0.2) is 17.5 Å². The van der Waals surface area contributed by atoms with Crippen molar-refractivity contribution >= 4 is 35.5 Å². The molecule has 4 rings (SSSR count). The molecule has 0 atom stereocenters. The average molecular weight is 462 g/mol. The highest BCUT2D eigenvalue weighted by Crippen LogP contribution is 2.29. The van der Waals surface area contributed by atoms with E-state index in [1.165, 1.54) is 48.9 Å². The van der Waals surface area contributed by atoms with E-state index >= 15 is 0 Å². The number of amides is 1. The Morgan fingerprint density at radius 3 is 2.50 bits per heavy atom. The number of hydrogen-bond acceptors (Lipinski definition) is 5. The molecule has 3 heterocycles. The van der Waals surface area contributed by atoms with Crippen LogP contribution in [0.2, 0.25) is 0 Å². The van der Waals surface area contributed by atoms with Gasteiger partial charge in [-0.15, -0.1) is 12.4 Å². The second kappa shape index (κ2) is 10.2. The summed E-state index contributed by atoms with van der Waals surface area (Å²) in [5.74, 6) is -1.44. The lowest BCUT2D eigenvalue weighted by atomic mass is 9.98. The molecule has 1 aromatic carbocycles. The fourth-order valence-corrected chi connectivity index (χ4v) is 3.38. The maximum atomic E-state index is 14.1. The summed E-state index contributed by atoms with van der Waals surface area (Å²) in [5, 5.41) is 2.48. The fourth-order valence-electron chi connectivity index (χ4n) is 3.38. The molecule has 2 aromatic heterocycles. The Bertz CT molecular complexity index is 1140. The maximum Gasteiger partial charge on any atom is 0.259 e. The predicted octanol–water partition coefficient (Wildman–Crippen LogP) is 4.46. The molecule has 1 aliphatic heterocycles. The van der Waals surface area contributed by atoms with E-state index in [0.29, 0.717) is 29.8 Å². The number of nitrogens with zero attached hydrogens (tertiary/aromatic N) is 4. The minimum Gasteiger partial charge on any atom is -0.349 e. The summed E-state index contributed by atoms with van der Waals surface area (Å²) >= 11 is 0. The van der Waals surface area contributed by atoms with Crippen molar-refractivity contribution in [2.45, 2.75) is 6.42 Å². The Kier molecular flexibility index (Phi) is 7.42. The first-order valence-corrected chi connectivity index (χ1v) is 9.57. The third-order valence-electron chi connectivity index (χ3n) is 4.98. The van der Waals surface area contributed by atoms with Gasteiger partial charge in [-0.25, -0.2) is 23.1 Å². The van der Waals surface area contributed by atoms with Gasteiger partial charge >= 0.3 is 0 Å². The van der Waals surface area contributed by atoms with Crippen LogP contribution >= 0.6 is 12.4 Å². The number of hydrogen-bond donors (Lipinski definition) is 1. The van der Waals surface area contributed by atoms with E-state index in [4.69, 9.17) is 0 Å². The zero-order valence-electron chi connectivity index (χ0n) is 16.8. The van der Waals surface area contributed by atoms with Gasteiger partial charge < -0.3 is 10.2 Å². The van der Waals surface area contributed by atoms with Gasteiger partial charge in [-0.3, -0.25) is 9.78 Å². The second-order valence-electron chi connectivity index (χ2n) is 6.92. The van der Waals surface area contributed by atoms with Crippen molar-refractivity contribution in [1.82, 2.24) is 15.0 Å². The van der Waals surface area contributed by atoms with Gasteiger partial charge in [0.05, 0.1) is 23.7 Å². The molecule has 0 spiro atoms. The summed E-state index contributed by atoms with van der Waals surface area (Å²) in [7, 11) is 0. The Hall–Kier alpha value is -3.46. The number of benzene rings is 1. The molecule has 3 aromatic rings. The van der Waals surface area contributed by atoms with Crippen LogP contribution in [0.25, 0.3) is 5.57 Å². The lowest BCUT2D eigenvalue weighted by Gasteiger charge is -2.31. The molecular formula is C22H19ClF3N5O. The smallest absolute Gasteiger partial charge is 0.259 e. The topological polar surface area (TPSA) is 71.0 Å². The number of carbonyl (C=O) groups is 1. The summed E-state index contributed by atoms with van der Waals surface area (Å²) in [4.78, 5) is 26.5. The quantitative estimate of drug-likeness (QED) is 0.607. The summed E-state index contributed by atoms with van der Waals surface area (Å²) in [6, 6.07) is 8.42. The van der Waals surface area contributed by atoms with Crippen LogP contribution in [0.4, 0.5) is 24.8 Å². The number of rotatable bonds is 5. The Morgan fingerprint density at radius 2 is 1.81 bits per heavy atom. The summed E-state index contributed by atoms with van der Waals surface area (Å²) in [5.41, 5.74) is 1.46. The van der Waals surface area contributed by atoms with Crippen LogP contribution in [-0.4, -0.2) is 40.6 Å². The van der Waals surface area contributed by atoms with Crippen LogP contribution in [0.5, 0.6) is 0 Å². The van der Waals surface area contributed by atoms with Crippen LogP contribution in [0.15, 0.2) is 60.6 Å². The highest BCUT2D eigenvalue weighted by Gasteiger charge is 2.24. The lowest BCUT2D eigenvalue weighted by Crippen LogP contribution is -2.33. The molecule has 0 saturated carbocycles. The Morgan fingerprint density at radius 1 is 1.03 bits per heavy atom. The minimum atomic E-state index is -0.654. The molecule has 1 aliphatic rings. The van der Waals surface area contributed by atoms with Crippen molar-refractivity contribution in [3.05, 3.63) is 83.5 Å². The number of carbonyl (C=O) groups excluding carboxylic acids is 1. The predicted molar refractivity (Wildman–Crippen MR) is 118 cm³/mol. The number of pyridine rings is 1. The Labute approximate surface area is 188 Å². The Balaban J connectivity index is 0.00000289. The molecule has 1 N–H and O–H groups in total. The van der Waals surface area contributed by atoms with E-state index in [0.717, 1.165) is 0 Å². The molecule has 1 amide bonds. The molecule has 0 radical (unpaired) electrons. The third kappa shape index (κ3) is 4.88. The summed E-state index contributed by atoms with van der Waals surface area (Å²) in [6.07, 6.45) is 4.62. The van der Waals surface area contributed by atoms with Gasteiger partial charge in [-0.1, -0.05) is 12.1 Å². The van der Waals surface area contributed by atoms with Gasteiger partial charge in [0, 0.05) is 24.9 Å². The van der Waals surface area contributed by atoms with E-state index in [9.17, 15) is 18.0 Å². The van der Waals surface area contributed by atoms with Crippen molar-refractivity contribution in [3.8, 4) is 0 Å². The van der Waals surface area contributed by atoms with Crippen molar-refractivity contribution < 1.29 is 18.0 Å². The van der Waals surface area contributed by atoms with Gasteiger partial charge in [-0.05, 0) is 36.3 Å². The highest BCUT2D eigenvalue weighted by atomic mass is 35.5. The molecule has 0 bridgehead atoms. The van der Waals surface area contributed by atoms with Crippen LogP contribution in [0, 0.1) is 11.6 Å². The zero-order chi connectivity index (χ0) is 21.8. The fraction of sp³-hybridized carbons (Fsp3) is 0.182. The summed E-state index contributed by atoms with van der Waals surface area (Å²) in [6.45, 7) is 0.00498. The standard InChI is InChI=1S/C22H18F3N5O.ClH/c23-10-14-7-9-30(21-18(25)6-3-8-26-21)13-16(14)19-11-28-20(12-27-19)29-22(31)15-4-1-2-5-17(15)24;/h1-6,8,11-12H,7,9-10,13H2,(H,28,29,31);1H. The molecular weight excluding hydrogens is 443 g/mol. The van der Waals surface area contributed by atoms with Gasteiger partial charge in [-0.2, -0.15) is 0 Å². The molecule has 10 heteroatoms. The molecule has 166 valence electrons. The normalized spacial score (nSPS) is 13.5. The van der Waals surface area contributed by atoms with Gasteiger partial charge in [0.1, 0.15) is 12.5 Å². The largest absolute Gasteiger partial charge is 0.349 e. The molecule has 32 heavy (non-hydrogen) atoms. The molecule has 6 nitrogen and oxygen atoms in total. The number of anilines is 2. The van der Waals surface area contributed by atoms with E-state index in [2.05, 4.69) is 20.3 Å². The van der Waals surface area contributed by atoms with E-state index < -0.39 is 24.2 Å². The minimum absolute atomic E-state index is 0. The SMILES string of the molecule is Cl.O=C(Nc1cnc(C2=C(CF)CCN(c3ncccc3F)C2)cn1)c1ccccc1F. The number of nitrogens with one attached hydrogen (secondary N) is 1. The highest BCUT2D eigenvalue weighted by molar-refractivity contribution is 6.03. The number of aromatic nitrogens is 3. The number of alkyl halides is 1. The van der Waals surface area contributed by atoms with Crippen molar-refractivity contribution in [3.63, 3.8) is 0 Å². The first-order valence-electron chi connectivity index (χ1n) is 9.57. The van der Waals surface area contributed by atoms with Gasteiger partial charge in [0.2, 0.25) is 0 Å². The van der Waals surface area contributed by atoms with Crippen molar-refractivity contribution in [2.24, 2.45) is 0 Å². The van der Waals surface area contributed by atoms with E-state index in [1.54, 1.807) is 11.0 Å². The van der Waals surface area contributed by atoms with Gasteiger partial charge in [0.25, 0.3) is 5.91 Å². The van der Waals surface area contributed by atoms with Crippen LogP contribution in [0.1, 0.15) is 22.5 Å². The summed E-state index contributed by atoms with van der Waals surface area (Å²) < 4.78 is 41.5. The van der Waals surface area contributed by atoms with E-state index in [1.807, 2.05) is 0 Å². The van der Waals surface area contributed by atoms with Crippen LogP contribution < -0.4 is 10.2 Å².